The molecule has 1 aromatic heterocycles. The fourth-order valence-electron chi connectivity index (χ4n) is 2.20. The van der Waals surface area contributed by atoms with Crippen molar-refractivity contribution in [3.63, 3.8) is 0 Å². The Morgan fingerprint density at radius 3 is 2.61 bits per heavy atom. The SMILES string of the molecule is C[C@H](NC(=O)c1ncn2c1C(=O)N(C)CC2)C(=O)OC(C)(C)C. The molecule has 8 heteroatoms. The van der Waals surface area contributed by atoms with Gasteiger partial charge in [-0.1, -0.05) is 0 Å². The highest BCUT2D eigenvalue weighted by Crippen LogP contribution is 2.15. The number of imidazole rings is 1. The van der Waals surface area contributed by atoms with E-state index in [1.54, 1.807) is 32.4 Å². The van der Waals surface area contributed by atoms with Crippen molar-refractivity contribution in [1.82, 2.24) is 19.8 Å². The van der Waals surface area contributed by atoms with Gasteiger partial charge in [-0.2, -0.15) is 0 Å². The third-order valence-corrected chi connectivity index (χ3v) is 3.39. The lowest BCUT2D eigenvalue weighted by Gasteiger charge is -2.25. The van der Waals surface area contributed by atoms with Gasteiger partial charge in [0.15, 0.2) is 5.69 Å². The molecule has 2 amide bonds. The zero-order valence-electron chi connectivity index (χ0n) is 14.0. The van der Waals surface area contributed by atoms with Crippen LogP contribution in [0.1, 0.15) is 48.7 Å². The summed E-state index contributed by atoms with van der Waals surface area (Å²) < 4.78 is 6.86. The number of hydrogen-bond donors (Lipinski definition) is 1. The maximum atomic E-state index is 12.3. The minimum Gasteiger partial charge on any atom is -0.458 e. The molecule has 0 saturated heterocycles. The largest absolute Gasteiger partial charge is 0.458 e. The molecule has 0 unspecified atom stereocenters. The van der Waals surface area contributed by atoms with Gasteiger partial charge in [0.1, 0.15) is 17.3 Å². The van der Waals surface area contributed by atoms with Gasteiger partial charge < -0.3 is 19.5 Å². The number of ether oxygens (including phenoxy) is 1. The first-order valence-electron chi connectivity index (χ1n) is 7.44. The van der Waals surface area contributed by atoms with Crippen LogP contribution in [0.15, 0.2) is 6.33 Å². The zero-order valence-corrected chi connectivity index (χ0v) is 14.0. The van der Waals surface area contributed by atoms with E-state index in [4.69, 9.17) is 4.74 Å². The van der Waals surface area contributed by atoms with E-state index in [0.29, 0.717) is 13.1 Å². The number of aromatic nitrogens is 2. The van der Waals surface area contributed by atoms with Crippen LogP contribution in [0.5, 0.6) is 0 Å². The summed E-state index contributed by atoms with van der Waals surface area (Å²) in [4.78, 5) is 42.0. The maximum Gasteiger partial charge on any atom is 0.328 e. The standard InChI is InChI=1S/C15H22N4O4/c1-9(14(22)23-15(2,3)4)17-12(20)10-11-13(21)18(5)6-7-19(11)8-16-10/h8-9H,6-7H2,1-5H3,(H,17,20)/t9-/m0/s1. The Hall–Kier alpha value is -2.38. The van der Waals surface area contributed by atoms with Gasteiger partial charge in [-0.05, 0) is 27.7 Å². The maximum absolute atomic E-state index is 12.3. The van der Waals surface area contributed by atoms with Crippen LogP contribution in [0.3, 0.4) is 0 Å². The van der Waals surface area contributed by atoms with E-state index >= 15 is 0 Å². The van der Waals surface area contributed by atoms with Gasteiger partial charge >= 0.3 is 5.97 Å². The Morgan fingerprint density at radius 2 is 2.00 bits per heavy atom. The van der Waals surface area contributed by atoms with Crippen LogP contribution in [-0.2, 0) is 16.1 Å². The molecule has 0 radical (unpaired) electrons. The van der Waals surface area contributed by atoms with Crippen molar-refractivity contribution in [2.24, 2.45) is 0 Å². The zero-order chi connectivity index (χ0) is 17.4. The molecule has 0 spiro atoms. The molecule has 1 N–H and O–H groups in total. The Balaban J connectivity index is 2.12. The van der Waals surface area contributed by atoms with Crippen LogP contribution in [0.2, 0.25) is 0 Å². The average Bonchev–Trinajstić information content (AvgIpc) is 2.85. The smallest absolute Gasteiger partial charge is 0.328 e. The first-order chi connectivity index (χ1) is 10.6. The first-order valence-corrected chi connectivity index (χ1v) is 7.44. The Bertz CT molecular complexity index is 644. The molecular weight excluding hydrogens is 300 g/mol. The fourth-order valence-corrected chi connectivity index (χ4v) is 2.20. The van der Waals surface area contributed by atoms with E-state index in [2.05, 4.69) is 10.3 Å². The third-order valence-electron chi connectivity index (χ3n) is 3.39. The van der Waals surface area contributed by atoms with Crippen molar-refractivity contribution in [2.75, 3.05) is 13.6 Å². The summed E-state index contributed by atoms with van der Waals surface area (Å²) in [6, 6.07) is -0.838. The molecule has 0 saturated carbocycles. The molecule has 1 atom stereocenters. The van der Waals surface area contributed by atoms with Gasteiger partial charge in [-0.3, -0.25) is 9.59 Å². The minimum atomic E-state index is -0.838. The number of fused-ring (bicyclic) bond motifs is 1. The van der Waals surface area contributed by atoms with Crippen molar-refractivity contribution >= 4 is 17.8 Å². The van der Waals surface area contributed by atoms with Crippen molar-refractivity contribution in [3.8, 4) is 0 Å². The molecule has 23 heavy (non-hydrogen) atoms. The molecule has 0 aromatic carbocycles. The Labute approximate surface area is 134 Å². The second-order valence-electron chi connectivity index (χ2n) is 6.59. The fraction of sp³-hybridized carbons (Fsp3) is 0.600. The van der Waals surface area contributed by atoms with Crippen molar-refractivity contribution in [1.29, 1.82) is 0 Å². The highest BCUT2D eigenvalue weighted by molar-refractivity contribution is 6.06. The molecule has 0 bridgehead atoms. The van der Waals surface area contributed by atoms with Gasteiger partial charge in [-0.25, -0.2) is 9.78 Å². The van der Waals surface area contributed by atoms with E-state index in [0.717, 1.165) is 0 Å². The van der Waals surface area contributed by atoms with Crippen LogP contribution >= 0.6 is 0 Å². The van der Waals surface area contributed by atoms with Gasteiger partial charge in [0.2, 0.25) is 0 Å². The van der Waals surface area contributed by atoms with Crippen LogP contribution in [0.4, 0.5) is 0 Å². The molecule has 0 aliphatic carbocycles. The molecule has 0 fully saturated rings. The molecule has 126 valence electrons. The first kappa shape index (κ1) is 17.0. The molecule has 1 aliphatic heterocycles. The topological polar surface area (TPSA) is 93.5 Å². The quantitative estimate of drug-likeness (QED) is 0.815. The number of hydrogen-bond acceptors (Lipinski definition) is 5. The summed E-state index contributed by atoms with van der Waals surface area (Å²) >= 11 is 0. The van der Waals surface area contributed by atoms with Crippen molar-refractivity contribution < 1.29 is 19.1 Å². The molecule has 1 aliphatic rings. The van der Waals surface area contributed by atoms with Crippen molar-refractivity contribution in [2.45, 2.75) is 45.9 Å². The summed E-state index contributed by atoms with van der Waals surface area (Å²) in [5.74, 6) is -1.37. The lowest BCUT2D eigenvalue weighted by molar-refractivity contribution is -0.156. The molecular formula is C15H22N4O4. The number of nitrogens with one attached hydrogen (secondary N) is 1. The highest BCUT2D eigenvalue weighted by Gasteiger charge is 2.31. The van der Waals surface area contributed by atoms with Gasteiger partial charge in [0.25, 0.3) is 11.8 Å². The van der Waals surface area contributed by atoms with E-state index in [1.165, 1.54) is 18.2 Å². The number of carbonyl (C=O) groups is 3. The number of rotatable bonds is 3. The highest BCUT2D eigenvalue weighted by atomic mass is 16.6. The predicted octanol–water partition coefficient (Wildman–Crippen LogP) is 0.429. The summed E-state index contributed by atoms with van der Waals surface area (Å²) in [6.45, 7) is 7.93. The average molecular weight is 322 g/mol. The number of esters is 1. The molecule has 1 aromatic rings. The summed E-state index contributed by atoms with van der Waals surface area (Å²) in [5.41, 5.74) is -0.368. The lowest BCUT2D eigenvalue weighted by atomic mass is 10.2. The lowest BCUT2D eigenvalue weighted by Crippen LogP contribution is -2.43. The Kier molecular flexibility index (Phi) is 4.44. The van der Waals surface area contributed by atoms with E-state index in [1.807, 2.05) is 0 Å². The number of amides is 2. The van der Waals surface area contributed by atoms with Crippen molar-refractivity contribution in [3.05, 3.63) is 17.7 Å². The summed E-state index contributed by atoms with van der Waals surface area (Å²) in [5, 5.41) is 2.53. The normalized spacial score (nSPS) is 15.9. The van der Waals surface area contributed by atoms with E-state index in [9.17, 15) is 14.4 Å². The van der Waals surface area contributed by atoms with E-state index in [-0.39, 0.29) is 17.3 Å². The van der Waals surface area contributed by atoms with Gasteiger partial charge in [0, 0.05) is 20.1 Å². The third kappa shape index (κ3) is 3.69. The monoisotopic (exact) mass is 322 g/mol. The molecule has 2 rings (SSSR count). The number of likely N-dealkylation sites (N-methyl/N-ethyl adjacent to an activating group) is 1. The van der Waals surface area contributed by atoms with Crippen LogP contribution in [0, 0.1) is 0 Å². The second-order valence-corrected chi connectivity index (χ2v) is 6.59. The van der Waals surface area contributed by atoms with Crippen LogP contribution in [-0.4, -0.2) is 57.5 Å². The molecule has 8 nitrogen and oxygen atoms in total. The summed E-state index contributed by atoms with van der Waals surface area (Å²) in [7, 11) is 1.67. The summed E-state index contributed by atoms with van der Waals surface area (Å²) in [6.07, 6.45) is 1.47. The Morgan fingerprint density at radius 1 is 1.35 bits per heavy atom. The predicted molar refractivity (Wildman–Crippen MR) is 82.0 cm³/mol. The second kappa shape index (κ2) is 6.02. The number of nitrogens with zero attached hydrogens (tertiary/aromatic N) is 3. The van der Waals surface area contributed by atoms with Gasteiger partial charge in [-0.15, -0.1) is 0 Å². The minimum absolute atomic E-state index is 0.0250. The number of carbonyl (C=O) groups excluding carboxylic acids is 3. The van der Waals surface area contributed by atoms with Crippen LogP contribution in [0.25, 0.3) is 0 Å². The van der Waals surface area contributed by atoms with Gasteiger partial charge in [0.05, 0.1) is 6.33 Å². The molecule has 2 heterocycles. The van der Waals surface area contributed by atoms with E-state index < -0.39 is 23.5 Å². The van der Waals surface area contributed by atoms with Crippen LogP contribution < -0.4 is 5.32 Å².